The molecule has 0 aromatic carbocycles. The third-order valence-electron chi connectivity index (χ3n) is 3.07. The second kappa shape index (κ2) is 6.87. The van der Waals surface area contributed by atoms with Crippen molar-refractivity contribution in [2.45, 2.75) is 33.9 Å². The van der Waals surface area contributed by atoms with E-state index in [0.29, 0.717) is 13.1 Å². The van der Waals surface area contributed by atoms with Gasteiger partial charge < -0.3 is 10.8 Å². The van der Waals surface area contributed by atoms with Gasteiger partial charge in [0.25, 0.3) is 0 Å². The number of nitrogens with two attached hydrogens (primary N) is 1. The molecule has 0 aliphatic rings. The molecule has 5 heteroatoms. The summed E-state index contributed by atoms with van der Waals surface area (Å²) in [5.41, 5.74) is 7.09. The number of aliphatic hydroxyl groups is 1. The molecule has 104 valence electrons. The molecule has 5 nitrogen and oxygen atoms in total. The van der Waals surface area contributed by atoms with Crippen molar-refractivity contribution in [2.75, 3.05) is 26.2 Å². The van der Waals surface area contributed by atoms with Crippen LogP contribution in [-0.2, 0) is 13.1 Å². The Morgan fingerprint density at radius 1 is 1.50 bits per heavy atom. The van der Waals surface area contributed by atoms with Crippen molar-refractivity contribution < 1.29 is 5.11 Å². The monoisotopic (exact) mass is 254 g/mol. The van der Waals surface area contributed by atoms with Crippen molar-refractivity contribution in [1.29, 1.82) is 0 Å². The Balaban J connectivity index is 2.56. The zero-order valence-corrected chi connectivity index (χ0v) is 11.8. The van der Waals surface area contributed by atoms with E-state index in [9.17, 15) is 0 Å². The summed E-state index contributed by atoms with van der Waals surface area (Å²) >= 11 is 0. The fourth-order valence-electron chi connectivity index (χ4n) is 1.92. The Morgan fingerprint density at radius 3 is 2.78 bits per heavy atom. The molecular weight excluding hydrogens is 228 g/mol. The lowest BCUT2D eigenvalue weighted by atomic mass is 9.93. The molecule has 0 aliphatic heterocycles. The Bertz CT molecular complexity index is 349. The van der Waals surface area contributed by atoms with Crippen molar-refractivity contribution in [2.24, 2.45) is 11.1 Å². The molecule has 1 rings (SSSR count). The van der Waals surface area contributed by atoms with Crippen LogP contribution in [0.5, 0.6) is 0 Å². The van der Waals surface area contributed by atoms with Crippen LogP contribution in [0, 0.1) is 5.41 Å². The van der Waals surface area contributed by atoms with Crippen molar-refractivity contribution >= 4 is 0 Å². The predicted octanol–water partition coefficient (Wildman–Crippen LogP) is 0.682. The minimum absolute atomic E-state index is 0.124. The normalized spacial score (nSPS) is 12.3. The molecule has 0 aliphatic carbocycles. The lowest BCUT2D eigenvalue weighted by Crippen LogP contribution is -2.38. The first-order chi connectivity index (χ1) is 8.50. The van der Waals surface area contributed by atoms with Crippen LogP contribution in [0.4, 0.5) is 0 Å². The summed E-state index contributed by atoms with van der Waals surface area (Å²) in [5.74, 6) is 0. The number of hydrogen-bond acceptors (Lipinski definition) is 4. The molecule has 0 amide bonds. The number of hydrogen-bond donors (Lipinski definition) is 2. The molecule has 1 aromatic rings. The first kappa shape index (κ1) is 15.1. The fraction of sp³-hybridized carbons (Fsp3) is 0.769. The summed E-state index contributed by atoms with van der Waals surface area (Å²) in [6.45, 7) is 10.7. The summed E-state index contributed by atoms with van der Waals surface area (Å²) < 4.78 is 1.78. The molecule has 3 N–H and O–H groups in total. The van der Waals surface area contributed by atoms with E-state index in [1.807, 2.05) is 12.4 Å². The van der Waals surface area contributed by atoms with Gasteiger partial charge in [-0.05, 0) is 18.5 Å². The van der Waals surface area contributed by atoms with Crippen LogP contribution in [0.1, 0.15) is 26.3 Å². The number of aliphatic hydroxyl groups excluding tert-OH is 1. The van der Waals surface area contributed by atoms with Gasteiger partial charge in [-0.1, -0.05) is 20.8 Å². The van der Waals surface area contributed by atoms with Crippen LogP contribution in [0.2, 0.25) is 0 Å². The lowest BCUT2D eigenvalue weighted by Gasteiger charge is -2.30. The third kappa shape index (κ3) is 4.76. The fourth-order valence-corrected chi connectivity index (χ4v) is 1.92. The van der Waals surface area contributed by atoms with Crippen LogP contribution in [0.15, 0.2) is 12.4 Å². The second-order valence-electron chi connectivity index (χ2n) is 5.51. The molecule has 0 fully saturated rings. The predicted molar refractivity (Wildman–Crippen MR) is 73.1 cm³/mol. The Morgan fingerprint density at radius 2 is 2.22 bits per heavy atom. The minimum atomic E-state index is 0.124. The maximum absolute atomic E-state index is 8.86. The van der Waals surface area contributed by atoms with Gasteiger partial charge >= 0.3 is 0 Å². The molecule has 1 aromatic heterocycles. The van der Waals surface area contributed by atoms with Crippen LogP contribution in [-0.4, -0.2) is 46.0 Å². The SMILES string of the molecule is CCN(Cc1cnn(CCO)c1)CC(C)(C)CN. The van der Waals surface area contributed by atoms with Crippen molar-refractivity contribution in [3.63, 3.8) is 0 Å². The van der Waals surface area contributed by atoms with E-state index in [-0.39, 0.29) is 12.0 Å². The molecular formula is C13H26N4O. The smallest absolute Gasteiger partial charge is 0.0640 e. The number of nitrogens with zero attached hydrogens (tertiary/aromatic N) is 3. The maximum Gasteiger partial charge on any atom is 0.0640 e. The zero-order chi connectivity index (χ0) is 13.6. The molecule has 1 heterocycles. The minimum Gasteiger partial charge on any atom is -0.394 e. The van der Waals surface area contributed by atoms with Crippen molar-refractivity contribution in [3.05, 3.63) is 18.0 Å². The first-order valence-electron chi connectivity index (χ1n) is 6.55. The van der Waals surface area contributed by atoms with E-state index in [0.717, 1.165) is 19.6 Å². The molecule has 0 saturated heterocycles. The summed E-state index contributed by atoms with van der Waals surface area (Å²) in [6.07, 6.45) is 3.86. The van der Waals surface area contributed by atoms with E-state index < -0.39 is 0 Å². The summed E-state index contributed by atoms with van der Waals surface area (Å²) in [4.78, 5) is 2.37. The number of rotatable bonds is 8. The first-order valence-corrected chi connectivity index (χ1v) is 6.55. The summed E-state index contributed by atoms with van der Waals surface area (Å²) in [5, 5.41) is 13.1. The highest BCUT2D eigenvalue weighted by atomic mass is 16.3. The van der Waals surface area contributed by atoms with E-state index in [4.69, 9.17) is 10.8 Å². The Labute approximate surface area is 110 Å². The van der Waals surface area contributed by atoms with E-state index in [2.05, 4.69) is 30.8 Å². The molecule has 0 spiro atoms. The van der Waals surface area contributed by atoms with Crippen LogP contribution in [0.25, 0.3) is 0 Å². The maximum atomic E-state index is 8.86. The van der Waals surface area contributed by atoms with Crippen LogP contribution < -0.4 is 5.73 Å². The van der Waals surface area contributed by atoms with Gasteiger partial charge in [0.1, 0.15) is 0 Å². The van der Waals surface area contributed by atoms with E-state index >= 15 is 0 Å². The summed E-state index contributed by atoms with van der Waals surface area (Å²) in [6, 6.07) is 0. The van der Waals surface area contributed by atoms with Crippen LogP contribution >= 0.6 is 0 Å². The van der Waals surface area contributed by atoms with Gasteiger partial charge in [-0.3, -0.25) is 9.58 Å². The van der Waals surface area contributed by atoms with Gasteiger partial charge in [-0.25, -0.2) is 0 Å². The molecule has 0 unspecified atom stereocenters. The van der Waals surface area contributed by atoms with Crippen molar-refractivity contribution in [3.8, 4) is 0 Å². The lowest BCUT2D eigenvalue weighted by molar-refractivity contribution is 0.183. The van der Waals surface area contributed by atoms with E-state index in [1.165, 1.54) is 5.56 Å². The highest BCUT2D eigenvalue weighted by molar-refractivity contribution is 5.03. The van der Waals surface area contributed by atoms with Gasteiger partial charge in [-0.15, -0.1) is 0 Å². The topological polar surface area (TPSA) is 67.3 Å². The Kier molecular flexibility index (Phi) is 5.78. The highest BCUT2D eigenvalue weighted by Crippen LogP contribution is 2.16. The third-order valence-corrected chi connectivity index (χ3v) is 3.07. The van der Waals surface area contributed by atoms with Gasteiger partial charge in [0.2, 0.25) is 0 Å². The molecule has 18 heavy (non-hydrogen) atoms. The number of aromatic nitrogens is 2. The average Bonchev–Trinajstić information content (AvgIpc) is 2.76. The van der Waals surface area contributed by atoms with E-state index in [1.54, 1.807) is 4.68 Å². The summed E-state index contributed by atoms with van der Waals surface area (Å²) in [7, 11) is 0. The quantitative estimate of drug-likeness (QED) is 0.716. The second-order valence-corrected chi connectivity index (χ2v) is 5.51. The molecule has 0 bridgehead atoms. The highest BCUT2D eigenvalue weighted by Gasteiger charge is 2.19. The zero-order valence-electron chi connectivity index (χ0n) is 11.8. The van der Waals surface area contributed by atoms with Gasteiger partial charge in [0.15, 0.2) is 0 Å². The molecule has 0 radical (unpaired) electrons. The average molecular weight is 254 g/mol. The van der Waals surface area contributed by atoms with Crippen LogP contribution in [0.3, 0.4) is 0 Å². The van der Waals surface area contributed by atoms with Gasteiger partial charge in [0.05, 0.1) is 19.3 Å². The Hall–Kier alpha value is -0.910. The van der Waals surface area contributed by atoms with Gasteiger partial charge in [-0.2, -0.15) is 5.10 Å². The molecule has 0 saturated carbocycles. The largest absolute Gasteiger partial charge is 0.394 e. The standard InChI is InChI=1S/C13H26N4O/c1-4-16(11-13(2,3)10-14)8-12-7-15-17(9-12)5-6-18/h7,9,18H,4-6,8,10-11,14H2,1-3H3. The van der Waals surface area contributed by atoms with Gasteiger partial charge in [0, 0.05) is 24.8 Å². The molecule has 0 atom stereocenters. The van der Waals surface area contributed by atoms with Crippen molar-refractivity contribution in [1.82, 2.24) is 14.7 Å².